The van der Waals surface area contributed by atoms with Crippen LogP contribution in [0, 0.1) is 5.92 Å². The zero-order valence-electron chi connectivity index (χ0n) is 12.5. The predicted molar refractivity (Wildman–Crippen MR) is 80.8 cm³/mol. The van der Waals surface area contributed by atoms with Crippen LogP contribution in [0.1, 0.15) is 20.3 Å². The van der Waals surface area contributed by atoms with E-state index in [4.69, 9.17) is 0 Å². The van der Waals surface area contributed by atoms with Gasteiger partial charge in [0.05, 0.1) is 0 Å². The van der Waals surface area contributed by atoms with Crippen LogP contribution in [-0.4, -0.2) is 47.6 Å². The standard InChI is InChI=1S/C16H22N2O3/c1-12(2)10-14(19)16(21)17-8-9-18(15(20)11-17)13-6-4-3-5-7-13/h3-7,12,14,19H,8-11H2,1-2H3. The van der Waals surface area contributed by atoms with Crippen LogP contribution in [0.3, 0.4) is 0 Å². The molecule has 0 spiro atoms. The number of aliphatic hydroxyl groups is 1. The second-order valence-electron chi connectivity index (χ2n) is 5.79. The smallest absolute Gasteiger partial charge is 0.251 e. The average molecular weight is 290 g/mol. The largest absolute Gasteiger partial charge is 0.383 e. The van der Waals surface area contributed by atoms with Gasteiger partial charge in [0.15, 0.2) is 0 Å². The first-order valence-corrected chi connectivity index (χ1v) is 7.31. The van der Waals surface area contributed by atoms with E-state index >= 15 is 0 Å². The Labute approximate surface area is 125 Å². The lowest BCUT2D eigenvalue weighted by atomic mass is 10.0. The van der Waals surface area contributed by atoms with E-state index in [-0.39, 0.29) is 24.3 Å². The van der Waals surface area contributed by atoms with E-state index < -0.39 is 6.10 Å². The minimum Gasteiger partial charge on any atom is -0.383 e. The number of piperazine rings is 1. The lowest BCUT2D eigenvalue weighted by molar-refractivity contribution is -0.144. The summed E-state index contributed by atoms with van der Waals surface area (Å²) in [6.45, 7) is 4.85. The van der Waals surface area contributed by atoms with Crippen molar-refractivity contribution in [3.8, 4) is 0 Å². The Morgan fingerprint density at radius 1 is 1.24 bits per heavy atom. The van der Waals surface area contributed by atoms with Crippen LogP contribution < -0.4 is 4.90 Å². The minimum absolute atomic E-state index is 0.0306. The summed E-state index contributed by atoms with van der Waals surface area (Å²) in [5.41, 5.74) is 0.845. The van der Waals surface area contributed by atoms with Gasteiger partial charge in [0.2, 0.25) is 5.91 Å². The molecule has 0 radical (unpaired) electrons. The second-order valence-corrected chi connectivity index (χ2v) is 5.79. The number of hydrogen-bond acceptors (Lipinski definition) is 3. The molecule has 1 atom stereocenters. The van der Waals surface area contributed by atoms with E-state index in [0.29, 0.717) is 19.5 Å². The van der Waals surface area contributed by atoms with Gasteiger partial charge in [-0.3, -0.25) is 9.59 Å². The van der Waals surface area contributed by atoms with Crippen LogP contribution in [0.25, 0.3) is 0 Å². The summed E-state index contributed by atoms with van der Waals surface area (Å²) in [5.74, 6) is -0.215. The maximum absolute atomic E-state index is 12.2. The molecule has 2 rings (SSSR count). The highest BCUT2D eigenvalue weighted by molar-refractivity contribution is 5.98. The minimum atomic E-state index is -1.01. The number of aliphatic hydroxyl groups excluding tert-OH is 1. The first kappa shape index (κ1) is 15.5. The zero-order valence-corrected chi connectivity index (χ0v) is 12.5. The summed E-state index contributed by atoms with van der Waals surface area (Å²) in [5, 5.41) is 9.89. The number of hydrogen-bond donors (Lipinski definition) is 1. The van der Waals surface area contributed by atoms with E-state index in [2.05, 4.69) is 0 Å². The number of carbonyl (C=O) groups is 2. The number of nitrogens with zero attached hydrogens (tertiary/aromatic N) is 2. The molecule has 1 aromatic carbocycles. The molecule has 0 bridgehead atoms. The molecule has 2 amide bonds. The molecule has 1 aromatic rings. The van der Waals surface area contributed by atoms with Crippen LogP contribution in [0.4, 0.5) is 5.69 Å². The summed E-state index contributed by atoms with van der Waals surface area (Å²) >= 11 is 0. The highest BCUT2D eigenvalue weighted by atomic mass is 16.3. The van der Waals surface area contributed by atoms with Gasteiger partial charge < -0.3 is 14.9 Å². The Bertz CT molecular complexity index is 502. The Kier molecular flexibility index (Phi) is 4.96. The summed E-state index contributed by atoms with van der Waals surface area (Å²) in [7, 11) is 0. The molecule has 1 unspecified atom stereocenters. The Morgan fingerprint density at radius 2 is 1.90 bits per heavy atom. The maximum atomic E-state index is 12.2. The van der Waals surface area contributed by atoms with Crippen molar-refractivity contribution in [2.45, 2.75) is 26.4 Å². The normalized spacial score (nSPS) is 17.2. The van der Waals surface area contributed by atoms with Gasteiger partial charge in [-0.05, 0) is 24.5 Å². The molecule has 1 aliphatic rings. The fourth-order valence-corrected chi connectivity index (χ4v) is 2.50. The van der Waals surface area contributed by atoms with E-state index in [0.717, 1.165) is 5.69 Å². The van der Waals surface area contributed by atoms with E-state index in [1.807, 2.05) is 44.2 Å². The first-order valence-electron chi connectivity index (χ1n) is 7.31. The second kappa shape index (κ2) is 6.72. The van der Waals surface area contributed by atoms with Gasteiger partial charge in [0, 0.05) is 18.8 Å². The summed E-state index contributed by atoms with van der Waals surface area (Å²) in [6.07, 6.45) is -0.590. The number of carbonyl (C=O) groups excluding carboxylic acids is 2. The summed E-state index contributed by atoms with van der Waals surface area (Å²) in [6, 6.07) is 9.42. The van der Waals surface area contributed by atoms with E-state index in [1.54, 1.807) is 4.90 Å². The Balaban J connectivity index is 1.98. The summed E-state index contributed by atoms with van der Waals surface area (Å²) < 4.78 is 0. The van der Waals surface area contributed by atoms with Crippen molar-refractivity contribution in [2.75, 3.05) is 24.5 Å². The van der Waals surface area contributed by atoms with Crippen LogP contribution in [0.5, 0.6) is 0 Å². The van der Waals surface area contributed by atoms with E-state index in [9.17, 15) is 14.7 Å². The number of para-hydroxylation sites is 1. The van der Waals surface area contributed by atoms with Gasteiger partial charge >= 0.3 is 0 Å². The SMILES string of the molecule is CC(C)CC(O)C(=O)N1CCN(c2ccccc2)C(=O)C1. The Morgan fingerprint density at radius 3 is 2.48 bits per heavy atom. The molecule has 5 nitrogen and oxygen atoms in total. The third-order valence-corrected chi connectivity index (χ3v) is 3.58. The monoisotopic (exact) mass is 290 g/mol. The highest BCUT2D eigenvalue weighted by Crippen LogP contribution is 2.17. The number of amides is 2. The summed E-state index contributed by atoms with van der Waals surface area (Å²) in [4.78, 5) is 27.5. The van der Waals surface area contributed by atoms with E-state index in [1.165, 1.54) is 4.90 Å². The third kappa shape index (κ3) is 3.82. The average Bonchev–Trinajstić information content (AvgIpc) is 2.46. The van der Waals surface area contributed by atoms with Crippen molar-refractivity contribution >= 4 is 17.5 Å². The molecule has 0 aliphatic carbocycles. The molecule has 1 fully saturated rings. The molecule has 0 aromatic heterocycles. The molecule has 21 heavy (non-hydrogen) atoms. The number of benzene rings is 1. The third-order valence-electron chi connectivity index (χ3n) is 3.58. The maximum Gasteiger partial charge on any atom is 0.251 e. The Hall–Kier alpha value is -1.88. The van der Waals surface area contributed by atoms with Crippen LogP contribution in [0.15, 0.2) is 30.3 Å². The molecule has 1 N–H and O–H groups in total. The van der Waals surface area contributed by atoms with Crippen molar-refractivity contribution in [1.82, 2.24) is 4.90 Å². The van der Waals surface area contributed by atoms with Gasteiger partial charge in [-0.2, -0.15) is 0 Å². The van der Waals surface area contributed by atoms with Crippen LogP contribution in [-0.2, 0) is 9.59 Å². The number of anilines is 1. The van der Waals surface area contributed by atoms with Crippen molar-refractivity contribution < 1.29 is 14.7 Å². The van der Waals surface area contributed by atoms with Gasteiger partial charge in [-0.1, -0.05) is 32.0 Å². The fraction of sp³-hybridized carbons (Fsp3) is 0.500. The molecule has 1 heterocycles. The molecular formula is C16H22N2O3. The lowest BCUT2D eigenvalue weighted by Crippen LogP contribution is -2.54. The lowest BCUT2D eigenvalue weighted by Gasteiger charge is -2.35. The molecule has 1 aliphatic heterocycles. The van der Waals surface area contributed by atoms with Crippen molar-refractivity contribution in [3.05, 3.63) is 30.3 Å². The first-order chi connectivity index (χ1) is 9.99. The quantitative estimate of drug-likeness (QED) is 0.908. The van der Waals surface area contributed by atoms with Gasteiger partial charge in [0.1, 0.15) is 12.6 Å². The molecular weight excluding hydrogens is 268 g/mol. The molecule has 114 valence electrons. The predicted octanol–water partition coefficient (Wildman–Crippen LogP) is 1.27. The topological polar surface area (TPSA) is 60.9 Å². The highest BCUT2D eigenvalue weighted by Gasteiger charge is 2.31. The van der Waals surface area contributed by atoms with Crippen molar-refractivity contribution in [3.63, 3.8) is 0 Å². The van der Waals surface area contributed by atoms with Crippen LogP contribution >= 0.6 is 0 Å². The van der Waals surface area contributed by atoms with Gasteiger partial charge in [-0.25, -0.2) is 0 Å². The van der Waals surface area contributed by atoms with Crippen LogP contribution in [0.2, 0.25) is 0 Å². The molecule has 0 saturated carbocycles. The molecule has 5 heteroatoms. The molecule has 1 saturated heterocycles. The van der Waals surface area contributed by atoms with Gasteiger partial charge in [0.25, 0.3) is 5.91 Å². The van der Waals surface area contributed by atoms with Crippen molar-refractivity contribution in [1.29, 1.82) is 0 Å². The number of rotatable bonds is 4. The van der Waals surface area contributed by atoms with Gasteiger partial charge in [-0.15, -0.1) is 0 Å². The zero-order chi connectivity index (χ0) is 15.4. The van der Waals surface area contributed by atoms with Crippen molar-refractivity contribution in [2.24, 2.45) is 5.92 Å². The fourth-order valence-electron chi connectivity index (χ4n) is 2.50.